The van der Waals surface area contributed by atoms with Gasteiger partial charge < -0.3 is 19.0 Å². The highest BCUT2D eigenvalue weighted by Crippen LogP contribution is 2.39. The molecule has 1 N–H and O–H groups in total. The fraction of sp³-hybridized carbons (Fsp3) is 0.867. The summed E-state index contributed by atoms with van der Waals surface area (Å²) < 4.78 is 17.2. The Morgan fingerprint density at radius 1 is 1.45 bits per heavy atom. The van der Waals surface area contributed by atoms with Crippen LogP contribution in [0.15, 0.2) is 12.7 Å². The van der Waals surface area contributed by atoms with Crippen LogP contribution in [0.5, 0.6) is 0 Å². The number of aliphatic hydroxyl groups is 1. The van der Waals surface area contributed by atoms with E-state index in [-0.39, 0.29) is 17.4 Å². The standard InChI is InChI=1S/C15H30O4Si/c1-8-9-15(16)10-13(17-5)19-12(15)11-18-20(6,7)14(2,3)4/h8,12-13,16H,1,9-11H2,2-7H3/t12-,13+,15-/m1/s1. The van der Waals surface area contributed by atoms with Crippen LogP contribution in [0.25, 0.3) is 0 Å². The van der Waals surface area contributed by atoms with Crippen LogP contribution in [0.3, 0.4) is 0 Å². The minimum atomic E-state index is -1.85. The lowest BCUT2D eigenvalue weighted by Gasteiger charge is -2.38. The molecule has 4 nitrogen and oxygen atoms in total. The Balaban J connectivity index is 2.72. The van der Waals surface area contributed by atoms with Crippen molar-refractivity contribution >= 4 is 8.32 Å². The van der Waals surface area contributed by atoms with Gasteiger partial charge in [0.05, 0.1) is 6.61 Å². The van der Waals surface area contributed by atoms with Gasteiger partial charge in [0, 0.05) is 13.5 Å². The predicted molar refractivity (Wildman–Crippen MR) is 83.2 cm³/mol. The second-order valence-corrected chi connectivity index (χ2v) is 12.0. The first-order valence-electron chi connectivity index (χ1n) is 7.21. The SMILES string of the molecule is C=CC[C@@]1(O)C[C@@H](OC)O[C@@H]1CO[Si](C)(C)C(C)(C)C. The molecule has 1 saturated heterocycles. The van der Waals surface area contributed by atoms with Gasteiger partial charge in [0.2, 0.25) is 0 Å². The van der Waals surface area contributed by atoms with E-state index in [2.05, 4.69) is 40.4 Å². The molecule has 1 aliphatic heterocycles. The highest BCUT2D eigenvalue weighted by molar-refractivity contribution is 6.74. The second kappa shape index (κ2) is 6.28. The Kier molecular flexibility index (Phi) is 5.60. The minimum Gasteiger partial charge on any atom is -0.414 e. The van der Waals surface area contributed by atoms with Gasteiger partial charge in [0.25, 0.3) is 0 Å². The molecule has 0 spiro atoms. The van der Waals surface area contributed by atoms with E-state index < -0.39 is 13.9 Å². The highest BCUT2D eigenvalue weighted by atomic mass is 28.4. The van der Waals surface area contributed by atoms with Gasteiger partial charge in [-0.05, 0) is 24.6 Å². The molecule has 0 bridgehead atoms. The number of rotatable bonds is 6. The molecule has 1 aliphatic rings. The van der Waals surface area contributed by atoms with Crippen LogP contribution in [-0.2, 0) is 13.9 Å². The lowest BCUT2D eigenvalue weighted by atomic mass is 9.92. The first-order chi connectivity index (χ1) is 9.05. The molecular formula is C15H30O4Si. The summed E-state index contributed by atoms with van der Waals surface area (Å²) in [6, 6.07) is 0. The van der Waals surface area contributed by atoms with Crippen molar-refractivity contribution in [3.63, 3.8) is 0 Å². The predicted octanol–water partition coefficient (Wildman–Crippen LogP) is 3.08. The van der Waals surface area contributed by atoms with Crippen molar-refractivity contribution in [2.45, 2.75) is 69.7 Å². The van der Waals surface area contributed by atoms with Crippen LogP contribution < -0.4 is 0 Å². The molecule has 5 heteroatoms. The summed E-state index contributed by atoms with van der Waals surface area (Å²) in [5.41, 5.74) is -0.940. The van der Waals surface area contributed by atoms with Gasteiger partial charge in [-0.3, -0.25) is 0 Å². The van der Waals surface area contributed by atoms with Gasteiger partial charge in [-0.2, -0.15) is 0 Å². The first-order valence-corrected chi connectivity index (χ1v) is 10.1. The molecule has 0 unspecified atom stereocenters. The maximum Gasteiger partial charge on any atom is 0.192 e. The third kappa shape index (κ3) is 3.92. The molecule has 1 fully saturated rings. The van der Waals surface area contributed by atoms with Crippen molar-refractivity contribution in [2.24, 2.45) is 0 Å². The molecule has 3 atom stereocenters. The molecule has 20 heavy (non-hydrogen) atoms. The summed E-state index contributed by atoms with van der Waals surface area (Å²) in [4.78, 5) is 0. The Bertz CT molecular complexity index is 337. The Morgan fingerprint density at radius 2 is 2.05 bits per heavy atom. The van der Waals surface area contributed by atoms with Crippen molar-refractivity contribution in [1.82, 2.24) is 0 Å². The topological polar surface area (TPSA) is 47.9 Å². The largest absolute Gasteiger partial charge is 0.414 e. The molecule has 0 aliphatic carbocycles. The molecule has 0 aromatic rings. The summed E-state index contributed by atoms with van der Waals surface area (Å²) in [7, 11) is -0.255. The zero-order chi connectivity index (χ0) is 15.6. The van der Waals surface area contributed by atoms with E-state index in [9.17, 15) is 5.11 Å². The lowest BCUT2D eigenvalue weighted by Crippen LogP contribution is -2.47. The second-order valence-electron chi connectivity index (χ2n) is 7.16. The molecule has 0 amide bonds. The van der Waals surface area contributed by atoms with Gasteiger partial charge in [-0.1, -0.05) is 26.8 Å². The van der Waals surface area contributed by atoms with E-state index >= 15 is 0 Å². The number of hydrogen-bond acceptors (Lipinski definition) is 4. The number of hydrogen-bond donors (Lipinski definition) is 1. The van der Waals surface area contributed by atoms with E-state index in [4.69, 9.17) is 13.9 Å². The molecule has 1 heterocycles. The van der Waals surface area contributed by atoms with Crippen molar-refractivity contribution in [3.05, 3.63) is 12.7 Å². The van der Waals surface area contributed by atoms with E-state index in [0.717, 1.165) is 0 Å². The van der Waals surface area contributed by atoms with Crippen molar-refractivity contribution in [1.29, 1.82) is 0 Å². The fourth-order valence-corrected chi connectivity index (χ4v) is 3.08. The molecule has 0 aromatic heterocycles. The zero-order valence-corrected chi connectivity index (χ0v) is 14.7. The van der Waals surface area contributed by atoms with Crippen LogP contribution in [0, 0.1) is 0 Å². The monoisotopic (exact) mass is 302 g/mol. The van der Waals surface area contributed by atoms with Crippen LogP contribution in [0.4, 0.5) is 0 Å². The number of methoxy groups -OCH3 is 1. The molecular weight excluding hydrogens is 272 g/mol. The maximum absolute atomic E-state index is 10.7. The first kappa shape index (κ1) is 17.8. The van der Waals surface area contributed by atoms with Crippen LogP contribution in [0.1, 0.15) is 33.6 Å². The van der Waals surface area contributed by atoms with Gasteiger partial charge >= 0.3 is 0 Å². The van der Waals surface area contributed by atoms with Crippen molar-refractivity contribution in [3.8, 4) is 0 Å². The van der Waals surface area contributed by atoms with Crippen molar-refractivity contribution in [2.75, 3.05) is 13.7 Å². The normalized spacial score (nSPS) is 31.6. The van der Waals surface area contributed by atoms with Gasteiger partial charge in [-0.25, -0.2) is 0 Å². The van der Waals surface area contributed by atoms with E-state index in [0.29, 0.717) is 19.4 Å². The van der Waals surface area contributed by atoms with Crippen molar-refractivity contribution < 1.29 is 19.0 Å². The third-order valence-corrected chi connectivity index (χ3v) is 9.10. The third-order valence-electron chi connectivity index (χ3n) is 4.60. The summed E-state index contributed by atoms with van der Waals surface area (Å²) in [5.74, 6) is 0. The zero-order valence-electron chi connectivity index (χ0n) is 13.7. The molecule has 1 rings (SSSR count). The van der Waals surface area contributed by atoms with Gasteiger partial charge in [-0.15, -0.1) is 6.58 Å². The molecule has 0 radical (unpaired) electrons. The fourth-order valence-electron chi connectivity index (χ4n) is 2.08. The van der Waals surface area contributed by atoms with E-state index in [1.165, 1.54) is 0 Å². The van der Waals surface area contributed by atoms with E-state index in [1.807, 2.05) is 0 Å². The quantitative estimate of drug-likeness (QED) is 0.605. The van der Waals surface area contributed by atoms with Crippen LogP contribution >= 0.6 is 0 Å². The van der Waals surface area contributed by atoms with Gasteiger partial charge in [0.1, 0.15) is 11.7 Å². The van der Waals surface area contributed by atoms with E-state index in [1.54, 1.807) is 13.2 Å². The maximum atomic E-state index is 10.7. The summed E-state index contributed by atoms with van der Waals surface area (Å²) >= 11 is 0. The van der Waals surface area contributed by atoms with Crippen LogP contribution in [-0.4, -0.2) is 45.1 Å². The number of ether oxygens (including phenoxy) is 2. The van der Waals surface area contributed by atoms with Gasteiger partial charge in [0.15, 0.2) is 14.6 Å². The Labute approximate surface area is 124 Å². The molecule has 0 saturated carbocycles. The molecule has 0 aromatic carbocycles. The highest BCUT2D eigenvalue weighted by Gasteiger charge is 2.48. The Hall–Kier alpha value is -0.203. The minimum absolute atomic E-state index is 0.142. The average Bonchev–Trinajstić information content (AvgIpc) is 2.62. The Morgan fingerprint density at radius 3 is 2.50 bits per heavy atom. The average molecular weight is 302 g/mol. The van der Waals surface area contributed by atoms with Crippen LogP contribution in [0.2, 0.25) is 18.1 Å². The summed E-state index contributed by atoms with van der Waals surface area (Å²) in [6.45, 7) is 15.1. The molecule has 118 valence electrons. The summed E-state index contributed by atoms with van der Waals surface area (Å²) in [5, 5.41) is 10.9. The smallest absolute Gasteiger partial charge is 0.192 e. The lowest BCUT2D eigenvalue weighted by molar-refractivity contribution is -0.133. The summed E-state index contributed by atoms with van der Waals surface area (Å²) in [6.07, 6.45) is 1.94.